The van der Waals surface area contributed by atoms with E-state index in [0.717, 1.165) is 0 Å². The fraction of sp³-hybridized carbons (Fsp3) is 0.0833. The molecule has 7 heteroatoms. The van der Waals surface area contributed by atoms with E-state index in [2.05, 4.69) is 0 Å². The number of ether oxygens (including phenoxy) is 3. The predicted molar refractivity (Wildman–Crippen MR) is 110 cm³/mol. The Balaban J connectivity index is 1.57. The van der Waals surface area contributed by atoms with Crippen LogP contribution in [0, 0.1) is 17.1 Å². The first-order valence-electron chi connectivity index (χ1n) is 9.40. The van der Waals surface area contributed by atoms with Crippen LogP contribution in [0.5, 0.6) is 17.2 Å². The number of para-hydroxylation sites is 1. The summed E-state index contributed by atoms with van der Waals surface area (Å²) >= 11 is 0. The average Bonchev–Trinajstić information content (AvgIpc) is 2.77. The minimum absolute atomic E-state index is 0.0832. The van der Waals surface area contributed by atoms with E-state index in [4.69, 9.17) is 19.9 Å². The Morgan fingerprint density at radius 3 is 2.61 bits per heavy atom. The average molecular weight is 416 g/mol. The third-order valence-corrected chi connectivity index (χ3v) is 4.70. The Hall–Kier alpha value is -4.31. The monoisotopic (exact) mass is 416 g/mol. The summed E-state index contributed by atoms with van der Waals surface area (Å²) in [5, 5.41) is 9.57. The zero-order valence-electron chi connectivity index (χ0n) is 16.2. The molecule has 0 saturated heterocycles. The van der Waals surface area contributed by atoms with Gasteiger partial charge in [0.25, 0.3) is 0 Å². The maximum absolute atomic E-state index is 13.8. The number of nitrogens with two attached hydrogens (primary N) is 1. The summed E-state index contributed by atoms with van der Waals surface area (Å²) in [7, 11) is 0. The Labute approximate surface area is 177 Å². The zero-order valence-corrected chi connectivity index (χ0v) is 16.2. The van der Waals surface area contributed by atoms with Gasteiger partial charge in [0.15, 0.2) is 6.61 Å². The lowest BCUT2D eigenvalue weighted by Crippen LogP contribution is -2.21. The Morgan fingerprint density at radius 2 is 1.87 bits per heavy atom. The van der Waals surface area contributed by atoms with Gasteiger partial charge in [-0.3, -0.25) is 0 Å². The number of fused-ring (bicyclic) bond motifs is 1. The van der Waals surface area contributed by atoms with E-state index in [1.807, 2.05) is 12.1 Å². The molecular formula is C24H17FN2O4. The number of nitrogens with zero attached hydrogens (tertiary/aromatic N) is 1. The van der Waals surface area contributed by atoms with E-state index >= 15 is 0 Å². The first-order valence-corrected chi connectivity index (χ1v) is 9.40. The molecule has 2 N–H and O–H groups in total. The quantitative estimate of drug-likeness (QED) is 0.499. The van der Waals surface area contributed by atoms with Crippen LogP contribution in [0.3, 0.4) is 0 Å². The molecule has 154 valence electrons. The summed E-state index contributed by atoms with van der Waals surface area (Å²) in [5.41, 5.74) is 7.29. The lowest BCUT2D eigenvalue weighted by Gasteiger charge is -2.26. The molecule has 1 heterocycles. The molecule has 4 rings (SSSR count). The smallest absolute Gasteiger partial charge is 0.349 e. The first-order chi connectivity index (χ1) is 15.0. The third-order valence-electron chi connectivity index (χ3n) is 4.70. The largest absolute Gasteiger partial charge is 0.482 e. The summed E-state index contributed by atoms with van der Waals surface area (Å²) < 4.78 is 30.1. The van der Waals surface area contributed by atoms with Crippen molar-refractivity contribution in [1.82, 2.24) is 0 Å². The molecule has 0 aromatic heterocycles. The van der Waals surface area contributed by atoms with Crippen LogP contribution in [0.25, 0.3) is 0 Å². The van der Waals surface area contributed by atoms with Crippen LogP contribution in [-0.2, 0) is 4.79 Å². The molecule has 0 radical (unpaired) electrons. The second kappa shape index (κ2) is 8.59. The van der Waals surface area contributed by atoms with Crippen molar-refractivity contribution in [3.05, 3.63) is 101 Å². The lowest BCUT2D eigenvalue weighted by molar-refractivity contribution is -0.136. The molecule has 0 aliphatic carbocycles. The van der Waals surface area contributed by atoms with Gasteiger partial charge in [0.1, 0.15) is 34.7 Å². The highest BCUT2D eigenvalue weighted by Gasteiger charge is 2.31. The third kappa shape index (κ3) is 4.33. The molecule has 0 amide bonds. The molecule has 1 atom stereocenters. The highest BCUT2D eigenvalue weighted by Crippen LogP contribution is 2.43. The van der Waals surface area contributed by atoms with Crippen LogP contribution in [-0.4, -0.2) is 12.6 Å². The number of carbonyl (C=O) groups is 1. The molecule has 1 aliphatic heterocycles. The van der Waals surface area contributed by atoms with Gasteiger partial charge in [-0.05, 0) is 35.9 Å². The summed E-state index contributed by atoms with van der Waals surface area (Å²) in [6, 6.07) is 21.6. The van der Waals surface area contributed by atoms with Gasteiger partial charge in [-0.2, -0.15) is 5.26 Å². The highest BCUT2D eigenvalue weighted by molar-refractivity contribution is 5.74. The van der Waals surface area contributed by atoms with Crippen molar-refractivity contribution in [1.29, 1.82) is 5.26 Å². The molecule has 6 nitrogen and oxygen atoms in total. The zero-order chi connectivity index (χ0) is 21.8. The van der Waals surface area contributed by atoms with E-state index in [-0.39, 0.29) is 23.8 Å². The van der Waals surface area contributed by atoms with Crippen LogP contribution in [0.4, 0.5) is 4.39 Å². The minimum Gasteiger partial charge on any atom is -0.482 e. The van der Waals surface area contributed by atoms with E-state index in [0.29, 0.717) is 22.6 Å². The molecule has 1 unspecified atom stereocenters. The molecule has 1 aliphatic rings. The SMILES string of the molecule is N#CC1=C(N)Oc2cc(OC(=O)COc3ccccc3)ccc2C1c1cccc(F)c1. The molecule has 0 bridgehead atoms. The number of esters is 1. The number of benzene rings is 3. The first kappa shape index (κ1) is 20.0. The number of nitriles is 1. The molecule has 3 aromatic carbocycles. The Morgan fingerprint density at radius 1 is 1.06 bits per heavy atom. The van der Waals surface area contributed by atoms with E-state index in [9.17, 15) is 14.4 Å². The normalized spacial score (nSPS) is 14.8. The maximum Gasteiger partial charge on any atom is 0.349 e. The van der Waals surface area contributed by atoms with Crippen molar-refractivity contribution in [2.75, 3.05) is 6.61 Å². The van der Waals surface area contributed by atoms with Gasteiger partial charge in [0.05, 0.1) is 5.92 Å². The fourth-order valence-electron chi connectivity index (χ4n) is 3.35. The van der Waals surface area contributed by atoms with E-state index < -0.39 is 17.7 Å². The van der Waals surface area contributed by atoms with Crippen molar-refractivity contribution in [3.63, 3.8) is 0 Å². The summed E-state index contributed by atoms with van der Waals surface area (Å²) in [6.07, 6.45) is 0. The Bertz CT molecular complexity index is 1200. The lowest BCUT2D eigenvalue weighted by atomic mass is 9.83. The number of allylic oxidation sites excluding steroid dienone is 1. The van der Waals surface area contributed by atoms with Crippen LogP contribution >= 0.6 is 0 Å². The minimum atomic E-state index is -0.601. The maximum atomic E-state index is 13.8. The van der Waals surface area contributed by atoms with Gasteiger partial charge in [-0.15, -0.1) is 0 Å². The number of hydrogen-bond acceptors (Lipinski definition) is 6. The summed E-state index contributed by atoms with van der Waals surface area (Å²) in [4.78, 5) is 12.1. The van der Waals surface area contributed by atoms with Crippen molar-refractivity contribution in [2.45, 2.75) is 5.92 Å². The molecule has 0 fully saturated rings. The molecule has 31 heavy (non-hydrogen) atoms. The van der Waals surface area contributed by atoms with Gasteiger partial charge in [-0.1, -0.05) is 36.4 Å². The summed E-state index contributed by atoms with van der Waals surface area (Å²) in [6.45, 7) is -0.269. The van der Waals surface area contributed by atoms with Gasteiger partial charge >= 0.3 is 5.97 Å². The molecule has 0 saturated carbocycles. The topological polar surface area (TPSA) is 94.6 Å². The van der Waals surface area contributed by atoms with Gasteiger partial charge in [-0.25, -0.2) is 9.18 Å². The standard InChI is InChI=1S/C24H17FN2O4/c25-16-6-4-5-15(11-16)23-19-10-9-18(12-21(19)31-24(27)20(23)13-26)30-22(28)14-29-17-7-2-1-3-8-17/h1-12,23H,14,27H2. The predicted octanol–water partition coefficient (Wildman–Crippen LogP) is 4.03. The Kier molecular flexibility index (Phi) is 5.54. The van der Waals surface area contributed by atoms with Crippen molar-refractivity contribution in [3.8, 4) is 23.3 Å². The second-order valence-electron chi connectivity index (χ2n) is 6.76. The van der Waals surface area contributed by atoms with Crippen molar-refractivity contribution >= 4 is 5.97 Å². The van der Waals surface area contributed by atoms with Crippen molar-refractivity contribution in [2.24, 2.45) is 5.73 Å². The fourth-order valence-corrected chi connectivity index (χ4v) is 3.35. The van der Waals surface area contributed by atoms with Crippen LogP contribution in [0.2, 0.25) is 0 Å². The van der Waals surface area contributed by atoms with E-state index in [1.165, 1.54) is 18.2 Å². The van der Waals surface area contributed by atoms with E-state index in [1.54, 1.807) is 48.5 Å². The molecule has 0 spiro atoms. The van der Waals surface area contributed by atoms with Crippen LogP contribution in [0.1, 0.15) is 17.0 Å². The molecule has 3 aromatic rings. The number of rotatable bonds is 5. The van der Waals surface area contributed by atoms with Crippen LogP contribution in [0.15, 0.2) is 84.3 Å². The second-order valence-corrected chi connectivity index (χ2v) is 6.76. The molecular weight excluding hydrogens is 399 g/mol. The highest BCUT2D eigenvalue weighted by atomic mass is 19.1. The van der Waals surface area contributed by atoms with Gasteiger partial charge in [0.2, 0.25) is 5.88 Å². The van der Waals surface area contributed by atoms with Crippen molar-refractivity contribution < 1.29 is 23.4 Å². The number of halogens is 1. The number of carbonyl (C=O) groups excluding carboxylic acids is 1. The van der Waals surface area contributed by atoms with Gasteiger partial charge < -0.3 is 19.9 Å². The summed E-state index contributed by atoms with van der Waals surface area (Å²) in [5.74, 6) is -0.608. The number of hydrogen-bond donors (Lipinski definition) is 1. The van der Waals surface area contributed by atoms with Gasteiger partial charge in [0, 0.05) is 11.6 Å². The van der Waals surface area contributed by atoms with Crippen LogP contribution < -0.4 is 19.9 Å².